The van der Waals surface area contributed by atoms with Crippen LogP contribution in [0.5, 0.6) is 0 Å². The molecule has 2 aromatic carbocycles. The minimum absolute atomic E-state index is 0.0337. The van der Waals surface area contributed by atoms with E-state index in [4.69, 9.17) is 17.2 Å². The molecule has 2 aromatic heterocycles. The molecule has 5 rings (SSSR count). The van der Waals surface area contributed by atoms with E-state index in [0.717, 1.165) is 15.9 Å². The van der Waals surface area contributed by atoms with Gasteiger partial charge in [-0.3, -0.25) is 4.98 Å². The fourth-order valence-corrected chi connectivity index (χ4v) is 5.58. The predicted molar refractivity (Wildman–Crippen MR) is 147 cm³/mol. The second kappa shape index (κ2) is 9.01. The van der Waals surface area contributed by atoms with Gasteiger partial charge in [-0.25, -0.2) is 0 Å². The molecule has 1 fully saturated rings. The van der Waals surface area contributed by atoms with Crippen LogP contribution in [-0.2, 0) is 0 Å². The van der Waals surface area contributed by atoms with Gasteiger partial charge < -0.3 is 14.8 Å². The third kappa shape index (κ3) is 3.95. The molecule has 1 saturated heterocycles. The Hall–Kier alpha value is -2.96. The summed E-state index contributed by atoms with van der Waals surface area (Å²) >= 11 is 9.45. The average Bonchev–Trinajstić information content (AvgIpc) is 3.32. The number of aromatic nitrogens is 2. The van der Waals surface area contributed by atoms with Gasteiger partial charge in [0.2, 0.25) is 0 Å². The number of aryl methyl sites for hydroxylation is 3. The Morgan fingerprint density at radius 3 is 2.41 bits per heavy atom. The van der Waals surface area contributed by atoms with Crippen LogP contribution in [0.15, 0.2) is 77.4 Å². The molecular weight excluding hydrogens is 504 g/mol. The number of halogens is 1. The minimum Gasteiger partial charge on any atom is -0.351 e. The molecule has 2 atom stereocenters. The number of pyridine rings is 1. The van der Waals surface area contributed by atoms with Crippen LogP contribution >= 0.6 is 28.1 Å². The molecule has 1 N–H and O–H groups in total. The monoisotopic (exact) mass is 530 g/mol. The summed E-state index contributed by atoms with van der Waals surface area (Å²) in [4.78, 5) is 6.93. The largest absolute Gasteiger partial charge is 0.351 e. The SMILES string of the molecule is Cc1ccc(C)c(-n2c(C)cc([C@H]3[C@H](c4ccccn4)NC(=S)N3c3ccc(Br)cc3)c2C)c1. The van der Waals surface area contributed by atoms with Crippen LogP contribution in [0.2, 0.25) is 0 Å². The topological polar surface area (TPSA) is 33.1 Å². The van der Waals surface area contributed by atoms with Crippen LogP contribution in [0, 0.1) is 27.7 Å². The van der Waals surface area contributed by atoms with Gasteiger partial charge in [-0.2, -0.15) is 0 Å². The summed E-state index contributed by atoms with van der Waals surface area (Å²) in [5.74, 6) is 0. The average molecular weight is 532 g/mol. The molecule has 4 aromatic rings. The molecule has 3 heterocycles. The highest BCUT2D eigenvalue weighted by molar-refractivity contribution is 9.10. The Balaban J connectivity index is 1.70. The molecule has 4 nitrogen and oxygen atoms in total. The van der Waals surface area contributed by atoms with Crippen LogP contribution in [0.25, 0.3) is 5.69 Å². The van der Waals surface area contributed by atoms with E-state index >= 15 is 0 Å². The molecular formula is C28H27BrN4S. The van der Waals surface area contributed by atoms with Gasteiger partial charge in [-0.15, -0.1) is 0 Å². The Morgan fingerprint density at radius 1 is 0.941 bits per heavy atom. The first-order chi connectivity index (χ1) is 16.3. The predicted octanol–water partition coefficient (Wildman–Crippen LogP) is 7.05. The fourth-order valence-electron chi connectivity index (χ4n) is 4.97. The van der Waals surface area contributed by atoms with E-state index in [9.17, 15) is 0 Å². The van der Waals surface area contributed by atoms with E-state index in [2.05, 4.69) is 113 Å². The van der Waals surface area contributed by atoms with Crippen molar-refractivity contribution in [1.29, 1.82) is 0 Å². The maximum absolute atomic E-state index is 5.89. The van der Waals surface area contributed by atoms with Gasteiger partial charge in [-0.05, 0) is 105 Å². The summed E-state index contributed by atoms with van der Waals surface area (Å²) in [5, 5.41) is 4.28. The molecule has 34 heavy (non-hydrogen) atoms. The molecule has 0 amide bonds. The molecule has 1 aliphatic rings. The smallest absolute Gasteiger partial charge is 0.174 e. The van der Waals surface area contributed by atoms with Gasteiger partial charge in [0, 0.05) is 33.4 Å². The zero-order chi connectivity index (χ0) is 24.0. The van der Waals surface area contributed by atoms with Crippen LogP contribution in [0.3, 0.4) is 0 Å². The normalized spacial score (nSPS) is 17.8. The van der Waals surface area contributed by atoms with E-state index in [-0.39, 0.29) is 12.1 Å². The van der Waals surface area contributed by atoms with Crippen LogP contribution < -0.4 is 10.2 Å². The fraction of sp³-hybridized carbons (Fsp3) is 0.214. The van der Waals surface area contributed by atoms with Gasteiger partial charge >= 0.3 is 0 Å². The van der Waals surface area contributed by atoms with Gasteiger partial charge in [-0.1, -0.05) is 34.1 Å². The summed E-state index contributed by atoms with van der Waals surface area (Å²) in [6, 6.07) is 23.2. The molecule has 172 valence electrons. The number of nitrogens with one attached hydrogen (secondary N) is 1. The molecule has 0 bridgehead atoms. The van der Waals surface area contributed by atoms with Crippen LogP contribution in [0.1, 0.15) is 45.9 Å². The van der Waals surface area contributed by atoms with Crippen LogP contribution in [-0.4, -0.2) is 14.7 Å². The second-order valence-electron chi connectivity index (χ2n) is 8.92. The summed E-state index contributed by atoms with van der Waals surface area (Å²) in [6.07, 6.45) is 1.85. The minimum atomic E-state index is -0.0649. The molecule has 0 unspecified atom stereocenters. The number of nitrogens with zero attached hydrogens (tertiary/aromatic N) is 3. The molecule has 0 saturated carbocycles. The number of anilines is 1. The highest BCUT2D eigenvalue weighted by atomic mass is 79.9. The number of benzene rings is 2. The lowest BCUT2D eigenvalue weighted by atomic mass is 9.96. The van der Waals surface area contributed by atoms with E-state index in [0.29, 0.717) is 5.11 Å². The van der Waals surface area contributed by atoms with Gasteiger partial charge in [0.05, 0.1) is 17.8 Å². The van der Waals surface area contributed by atoms with Crippen LogP contribution in [0.4, 0.5) is 5.69 Å². The van der Waals surface area contributed by atoms with Crippen molar-refractivity contribution in [3.05, 3.63) is 111 Å². The molecule has 0 radical (unpaired) electrons. The van der Waals surface area contributed by atoms with Crippen molar-refractivity contribution in [1.82, 2.24) is 14.9 Å². The lowest BCUT2D eigenvalue weighted by molar-refractivity contribution is 0.565. The maximum atomic E-state index is 5.89. The summed E-state index contributed by atoms with van der Waals surface area (Å²) in [7, 11) is 0. The molecule has 6 heteroatoms. The number of thiocarbonyl (C=S) groups is 1. The number of rotatable bonds is 4. The summed E-state index contributed by atoms with van der Waals surface area (Å²) in [5.41, 5.74) is 9.42. The van der Waals surface area contributed by atoms with Crippen molar-refractivity contribution < 1.29 is 0 Å². The zero-order valence-electron chi connectivity index (χ0n) is 19.7. The summed E-state index contributed by atoms with van der Waals surface area (Å²) in [6.45, 7) is 8.70. The van der Waals surface area contributed by atoms with Crippen molar-refractivity contribution in [2.24, 2.45) is 0 Å². The Morgan fingerprint density at radius 2 is 1.71 bits per heavy atom. The number of hydrogen-bond acceptors (Lipinski definition) is 2. The Labute approximate surface area is 214 Å². The van der Waals surface area contributed by atoms with Crippen molar-refractivity contribution in [3.8, 4) is 5.69 Å². The lowest BCUT2D eigenvalue weighted by Gasteiger charge is -2.28. The lowest BCUT2D eigenvalue weighted by Crippen LogP contribution is -2.29. The first kappa shape index (κ1) is 22.8. The quantitative estimate of drug-likeness (QED) is 0.286. The Kier molecular flexibility index (Phi) is 6.04. The summed E-state index contributed by atoms with van der Waals surface area (Å²) < 4.78 is 3.41. The van der Waals surface area contributed by atoms with Crippen molar-refractivity contribution in [2.45, 2.75) is 39.8 Å². The highest BCUT2D eigenvalue weighted by Gasteiger charge is 2.42. The van der Waals surface area contributed by atoms with Gasteiger partial charge in [0.25, 0.3) is 0 Å². The molecule has 0 aliphatic carbocycles. The highest BCUT2D eigenvalue weighted by Crippen LogP contribution is 2.44. The third-order valence-electron chi connectivity index (χ3n) is 6.60. The van der Waals surface area contributed by atoms with E-state index < -0.39 is 0 Å². The van der Waals surface area contributed by atoms with E-state index in [1.54, 1.807) is 0 Å². The van der Waals surface area contributed by atoms with Crippen molar-refractivity contribution in [3.63, 3.8) is 0 Å². The molecule has 1 aliphatic heterocycles. The first-order valence-corrected chi connectivity index (χ1v) is 12.6. The molecule has 0 spiro atoms. The van der Waals surface area contributed by atoms with E-state index in [1.165, 1.54) is 33.8 Å². The maximum Gasteiger partial charge on any atom is 0.174 e. The Bertz CT molecular complexity index is 1360. The standard InChI is InChI=1S/C28H27BrN4S/c1-17-8-9-18(2)25(15-17)32-19(3)16-23(20(32)4)27-26(24-7-5-6-14-30-24)31-28(34)33(27)22-12-10-21(29)11-13-22/h5-16,26-27H,1-4H3,(H,31,34)/t26-,27-/m0/s1. The van der Waals surface area contributed by atoms with Gasteiger partial charge in [0.1, 0.15) is 0 Å². The first-order valence-electron chi connectivity index (χ1n) is 11.4. The zero-order valence-corrected chi connectivity index (χ0v) is 22.1. The van der Waals surface area contributed by atoms with Crippen molar-refractivity contribution in [2.75, 3.05) is 4.90 Å². The van der Waals surface area contributed by atoms with Gasteiger partial charge in [0.15, 0.2) is 5.11 Å². The van der Waals surface area contributed by atoms with Crippen molar-refractivity contribution >= 4 is 38.9 Å². The third-order valence-corrected chi connectivity index (χ3v) is 7.44. The second-order valence-corrected chi connectivity index (χ2v) is 10.2. The number of hydrogen-bond donors (Lipinski definition) is 1. The van der Waals surface area contributed by atoms with E-state index in [1.807, 2.05) is 18.3 Å².